The van der Waals surface area contributed by atoms with Crippen molar-refractivity contribution in [1.29, 1.82) is 0 Å². The zero-order valence-corrected chi connectivity index (χ0v) is 18.3. The summed E-state index contributed by atoms with van der Waals surface area (Å²) in [6, 6.07) is 7.80. The van der Waals surface area contributed by atoms with E-state index in [1.807, 2.05) is 28.8 Å². The Morgan fingerprint density at radius 3 is 2.70 bits per heavy atom. The number of fused-ring (bicyclic) bond motifs is 3. The molecule has 4 rings (SSSR count). The minimum absolute atomic E-state index is 0.257. The predicted molar refractivity (Wildman–Crippen MR) is 118 cm³/mol. The molecule has 3 heterocycles. The second-order valence-corrected chi connectivity index (χ2v) is 8.59. The Hall–Kier alpha value is -3.03. The van der Waals surface area contributed by atoms with Gasteiger partial charge in [0.05, 0.1) is 7.11 Å². The maximum absolute atomic E-state index is 13.3. The van der Waals surface area contributed by atoms with E-state index in [1.165, 1.54) is 9.13 Å². The van der Waals surface area contributed by atoms with Crippen LogP contribution in [0.3, 0.4) is 0 Å². The van der Waals surface area contributed by atoms with Crippen molar-refractivity contribution in [3.63, 3.8) is 0 Å². The summed E-state index contributed by atoms with van der Waals surface area (Å²) in [4.78, 5) is 33.1. The van der Waals surface area contributed by atoms with E-state index in [0.717, 1.165) is 24.4 Å². The number of ether oxygens (including phenoxy) is 1. The number of anilines is 2. The summed E-state index contributed by atoms with van der Waals surface area (Å²) in [5, 5.41) is 0. The van der Waals surface area contributed by atoms with Crippen molar-refractivity contribution in [2.75, 3.05) is 18.6 Å². The van der Waals surface area contributed by atoms with Crippen molar-refractivity contribution in [2.45, 2.75) is 40.3 Å². The normalized spacial score (nSPS) is 16.3. The molecule has 1 aliphatic rings. The van der Waals surface area contributed by atoms with Crippen LogP contribution in [0.25, 0.3) is 11.2 Å². The fourth-order valence-electron chi connectivity index (χ4n) is 4.09. The largest absolute Gasteiger partial charge is 0.497 e. The third-order valence-corrected chi connectivity index (χ3v) is 5.74. The maximum atomic E-state index is 13.3. The van der Waals surface area contributed by atoms with Crippen molar-refractivity contribution in [3.05, 3.63) is 45.1 Å². The lowest BCUT2D eigenvalue weighted by Gasteiger charge is -2.33. The van der Waals surface area contributed by atoms with Crippen molar-refractivity contribution >= 4 is 22.8 Å². The van der Waals surface area contributed by atoms with E-state index in [1.54, 1.807) is 14.2 Å². The molecular formula is C22H29N5O3. The van der Waals surface area contributed by atoms with Gasteiger partial charge in [0.25, 0.3) is 5.56 Å². The average Bonchev–Trinajstić information content (AvgIpc) is 3.11. The Kier molecular flexibility index (Phi) is 5.17. The van der Waals surface area contributed by atoms with Crippen LogP contribution in [-0.4, -0.2) is 32.3 Å². The number of hydrogen-bond donors (Lipinski definition) is 0. The molecule has 0 N–H and O–H groups in total. The van der Waals surface area contributed by atoms with Gasteiger partial charge in [0.15, 0.2) is 11.2 Å². The van der Waals surface area contributed by atoms with Crippen LogP contribution >= 0.6 is 0 Å². The molecule has 0 radical (unpaired) electrons. The molecule has 0 aliphatic carbocycles. The molecule has 0 saturated heterocycles. The highest BCUT2D eigenvalue weighted by atomic mass is 16.5. The van der Waals surface area contributed by atoms with E-state index in [9.17, 15) is 9.59 Å². The Labute approximate surface area is 175 Å². The highest BCUT2D eigenvalue weighted by Crippen LogP contribution is 2.34. The molecule has 1 atom stereocenters. The third-order valence-electron chi connectivity index (χ3n) is 5.74. The second kappa shape index (κ2) is 7.66. The van der Waals surface area contributed by atoms with Gasteiger partial charge in [-0.25, -0.2) is 4.79 Å². The lowest BCUT2D eigenvalue weighted by atomic mass is 10.1. The maximum Gasteiger partial charge on any atom is 0.332 e. The lowest BCUT2D eigenvalue weighted by molar-refractivity contribution is 0.414. The van der Waals surface area contributed by atoms with Gasteiger partial charge in [-0.2, -0.15) is 4.98 Å². The molecule has 1 aromatic carbocycles. The van der Waals surface area contributed by atoms with E-state index in [4.69, 9.17) is 9.72 Å². The molecule has 0 unspecified atom stereocenters. The molecule has 8 heteroatoms. The number of nitrogens with zero attached hydrogens (tertiary/aromatic N) is 5. The van der Waals surface area contributed by atoms with Crippen LogP contribution in [0, 0.1) is 11.8 Å². The molecule has 160 valence electrons. The summed E-state index contributed by atoms with van der Waals surface area (Å²) in [5.41, 5.74) is 1.30. The van der Waals surface area contributed by atoms with Gasteiger partial charge >= 0.3 is 5.69 Å². The van der Waals surface area contributed by atoms with E-state index in [2.05, 4.69) is 25.7 Å². The van der Waals surface area contributed by atoms with Gasteiger partial charge in [0.1, 0.15) is 5.75 Å². The molecule has 0 fully saturated rings. The van der Waals surface area contributed by atoms with Gasteiger partial charge in [-0.1, -0.05) is 26.8 Å². The first kappa shape index (κ1) is 20.3. The Morgan fingerprint density at radius 1 is 1.23 bits per heavy atom. The SMILES string of the molecule is COc1cccc(N2C[C@H](C)Cn3c2nc2c3c(=O)n(CCC(C)C)c(=O)n2C)c1. The van der Waals surface area contributed by atoms with Gasteiger partial charge in [0, 0.05) is 38.4 Å². The fourth-order valence-corrected chi connectivity index (χ4v) is 4.09. The van der Waals surface area contributed by atoms with Crippen LogP contribution in [0.5, 0.6) is 5.75 Å². The van der Waals surface area contributed by atoms with Crippen LogP contribution in [0.2, 0.25) is 0 Å². The van der Waals surface area contributed by atoms with Gasteiger partial charge < -0.3 is 14.2 Å². The van der Waals surface area contributed by atoms with E-state index in [-0.39, 0.29) is 11.2 Å². The van der Waals surface area contributed by atoms with Gasteiger partial charge in [-0.05, 0) is 30.4 Å². The van der Waals surface area contributed by atoms with E-state index < -0.39 is 0 Å². The first-order valence-electron chi connectivity index (χ1n) is 10.4. The number of benzene rings is 1. The highest BCUT2D eigenvalue weighted by molar-refractivity contribution is 5.77. The summed E-state index contributed by atoms with van der Waals surface area (Å²) in [6.45, 7) is 8.19. The second-order valence-electron chi connectivity index (χ2n) is 8.59. The summed E-state index contributed by atoms with van der Waals surface area (Å²) < 4.78 is 10.2. The average molecular weight is 412 g/mol. The van der Waals surface area contributed by atoms with Crippen LogP contribution < -0.4 is 20.9 Å². The van der Waals surface area contributed by atoms with Crippen molar-refractivity contribution in [1.82, 2.24) is 18.7 Å². The quantitative estimate of drug-likeness (QED) is 0.645. The molecule has 30 heavy (non-hydrogen) atoms. The summed E-state index contributed by atoms with van der Waals surface area (Å²) in [5.74, 6) is 2.16. The van der Waals surface area contributed by atoms with Crippen molar-refractivity contribution in [2.24, 2.45) is 18.9 Å². The molecule has 0 amide bonds. The standard InChI is InChI=1S/C22H29N5O3/c1-14(2)9-10-25-20(28)18-19(24(4)22(25)29)23-21-26(12-15(3)13-27(18)21)16-7-6-8-17(11-16)30-5/h6-8,11,14-15H,9-10,12-13H2,1-5H3/t15-/m0/s1. The van der Waals surface area contributed by atoms with E-state index >= 15 is 0 Å². The molecule has 0 spiro atoms. The summed E-state index contributed by atoms with van der Waals surface area (Å²) >= 11 is 0. The molecule has 1 aliphatic heterocycles. The topological polar surface area (TPSA) is 74.3 Å². The van der Waals surface area contributed by atoms with Gasteiger partial charge in [-0.15, -0.1) is 0 Å². The number of methoxy groups -OCH3 is 1. The predicted octanol–water partition coefficient (Wildman–Crippen LogP) is 2.74. The monoisotopic (exact) mass is 411 g/mol. The molecule has 3 aromatic rings. The highest BCUT2D eigenvalue weighted by Gasteiger charge is 2.30. The first-order valence-corrected chi connectivity index (χ1v) is 10.4. The Bertz CT molecular complexity index is 1200. The van der Waals surface area contributed by atoms with Gasteiger partial charge in [0.2, 0.25) is 5.95 Å². The third kappa shape index (κ3) is 3.30. The minimum atomic E-state index is -0.315. The number of rotatable bonds is 5. The number of hydrogen-bond acceptors (Lipinski definition) is 5. The smallest absolute Gasteiger partial charge is 0.332 e. The van der Waals surface area contributed by atoms with Crippen molar-refractivity contribution in [3.8, 4) is 5.75 Å². The zero-order chi connectivity index (χ0) is 21.6. The first-order chi connectivity index (χ1) is 14.3. The molecule has 8 nitrogen and oxygen atoms in total. The van der Waals surface area contributed by atoms with Crippen molar-refractivity contribution < 1.29 is 4.74 Å². The number of aromatic nitrogens is 4. The van der Waals surface area contributed by atoms with Crippen LogP contribution in [0.1, 0.15) is 27.2 Å². The fraction of sp³-hybridized carbons (Fsp3) is 0.500. The molecule has 0 saturated carbocycles. The van der Waals surface area contributed by atoms with Gasteiger partial charge in [-0.3, -0.25) is 13.9 Å². The van der Waals surface area contributed by atoms with Crippen LogP contribution in [-0.2, 0) is 20.1 Å². The summed E-state index contributed by atoms with van der Waals surface area (Å²) in [7, 11) is 3.33. The summed E-state index contributed by atoms with van der Waals surface area (Å²) in [6.07, 6.45) is 0.772. The number of imidazole rings is 1. The molecule has 0 bridgehead atoms. The number of aryl methyl sites for hydroxylation is 1. The zero-order valence-electron chi connectivity index (χ0n) is 18.3. The van der Waals surface area contributed by atoms with E-state index in [0.29, 0.717) is 42.0 Å². The minimum Gasteiger partial charge on any atom is -0.497 e. The van der Waals surface area contributed by atoms with Crippen LogP contribution in [0.4, 0.5) is 11.6 Å². The Balaban J connectivity index is 1.93. The molecular weight excluding hydrogens is 382 g/mol. The van der Waals surface area contributed by atoms with Crippen LogP contribution in [0.15, 0.2) is 33.9 Å². The Morgan fingerprint density at radius 2 is 2.00 bits per heavy atom. The molecule has 2 aromatic heterocycles. The lowest BCUT2D eigenvalue weighted by Crippen LogP contribution is -2.40.